The second-order valence-corrected chi connectivity index (χ2v) is 4.22. The van der Waals surface area contributed by atoms with E-state index in [1.807, 2.05) is 12.1 Å². The molecule has 2 aromatic carbocycles. The van der Waals surface area contributed by atoms with Crippen LogP contribution in [0.5, 0.6) is 11.5 Å². The molecule has 0 fully saturated rings. The van der Waals surface area contributed by atoms with Gasteiger partial charge >= 0.3 is 5.97 Å². The minimum absolute atomic E-state index is 0.0360. The predicted octanol–water partition coefficient (Wildman–Crippen LogP) is 3.75. The Kier molecular flexibility index (Phi) is 4.52. The number of nitriles is 1. The molecular weight excluding hydrogens is 273 g/mol. The SMILES string of the molecule is CC(=O)O[C@H](C#N)c1ccc(F)c(Oc2ccccc2)c1. The van der Waals surface area contributed by atoms with Gasteiger partial charge in [-0.3, -0.25) is 4.79 Å². The first-order valence-electron chi connectivity index (χ1n) is 6.19. The average molecular weight is 285 g/mol. The molecule has 0 spiro atoms. The Morgan fingerprint density at radius 2 is 1.95 bits per heavy atom. The number of esters is 1. The Bertz CT molecular complexity index is 680. The first-order valence-corrected chi connectivity index (χ1v) is 6.19. The molecule has 0 aliphatic carbocycles. The Balaban J connectivity index is 2.29. The molecule has 21 heavy (non-hydrogen) atoms. The molecule has 1 atom stereocenters. The molecule has 2 aromatic rings. The van der Waals surface area contributed by atoms with Crippen LogP contribution in [0, 0.1) is 17.1 Å². The molecule has 0 amide bonds. The second kappa shape index (κ2) is 6.53. The van der Waals surface area contributed by atoms with E-state index in [1.54, 1.807) is 24.3 Å². The first kappa shape index (κ1) is 14.5. The van der Waals surface area contributed by atoms with Crippen LogP contribution in [0.3, 0.4) is 0 Å². The monoisotopic (exact) mass is 285 g/mol. The zero-order valence-corrected chi connectivity index (χ0v) is 11.2. The van der Waals surface area contributed by atoms with Crippen molar-refractivity contribution >= 4 is 5.97 Å². The molecule has 106 valence electrons. The summed E-state index contributed by atoms with van der Waals surface area (Å²) in [5.74, 6) is -0.723. The van der Waals surface area contributed by atoms with Crippen LogP contribution in [0.15, 0.2) is 48.5 Å². The van der Waals surface area contributed by atoms with Crippen molar-refractivity contribution in [3.63, 3.8) is 0 Å². The highest BCUT2D eigenvalue weighted by atomic mass is 19.1. The molecule has 0 saturated heterocycles. The van der Waals surface area contributed by atoms with Crippen LogP contribution >= 0.6 is 0 Å². The smallest absolute Gasteiger partial charge is 0.304 e. The van der Waals surface area contributed by atoms with Gasteiger partial charge in [0.05, 0.1) is 0 Å². The summed E-state index contributed by atoms with van der Waals surface area (Å²) in [6.07, 6.45) is -1.10. The van der Waals surface area contributed by atoms with Gasteiger partial charge in [-0.05, 0) is 24.3 Å². The lowest BCUT2D eigenvalue weighted by molar-refractivity contribution is -0.144. The first-order chi connectivity index (χ1) is 10.1. The summed E-state index contributed by atoms with van der Waals surface area (Å²) in [5, 5.41) is 9.02. The number of ether oxygens (including phenoxy) is 2. The Labute approximate surface area is 121 Å². The summed E-state index contributed by atoms with van der Waals surface area (Å²) in [6, 6.07) is 14.4. The van der Waals surface area contributed by atoms with E-state index >= 15 is 0 Å². The van der Waals surface area contributed by atoms with Crippen molar-refractivity contribution < 1.29 is 18.7 Å². The fourth-order valence-corrected chi connectivity index (χ4v) is 1.71. The fraction of sp³-hybridized carbons (Fsp3) is 0.125. The maximum atomic E-state index is 13.8. The molecule has 0 N–H and O–H groups in total. The lowest BCUT2D eigenvalue weighted by atomic mass is 10.1. The highest BCUT2D eigenvalue weighted by Crippen LogP contribution is 2.28. The topological polar surface area (TPSA) is 59.3 Å². The number of halogens is 1. The van der Waals surface area contributed by atoms with E-state index in [4.69, 9.17) is 14.7 Å². The highest BCUT2D eigenvalue weighted by Gasteiger charge is 2.16. The summed E-state index contributed by atoms with van der Waals surface area (Å²) in [6.45, 7) is 1.20. The Morgan fingerprint density at radius 1 is 1.24 bits per heavy atom. The normalized spacial score (nSPS) is 11.3. The fourth-order valence-electron chi connectivity index (χ4n) is 1.71. The second-order valence-electron chi connectivity index (χ2n) is 4.22. The van der Waals surface area contributed by atoms with Gasteiger partial charge in [-0.25, -0.2) is 4.39 Å². The van der Waals surface area contributed by atoms with Crippen LogP contribution in [-0.4, -0.2) is 5.97 Å². The van der Waals surface area contributed by atoms with Crippen molar-refractivity contribution in [2.24, 2.45) is 0 Å². The van der Waals surface area contributed by atoms with E-state index in [9.17, 15) is 9.18 Å². The minimum atomic E-state index is -1.10. The molecule has 2 rings (SSSR count). The van der Waals surface area contributed by atoms with Gasteiger partial charge in [0.25, 0.3) is 0 Å². The van der Waals surface area contributed by atoms with Crippen molar-refractivity contribution in [3.05, 3.63) is 59.9 Å². The maximum absolute atomic E-state index is 13.8. The number of rotatable bonds is 4. The highest BCUT2D eigenvalue weighted by molar-refractivity contribution is 5.66. The van der Waals surface area contributed by atoms with Crippen LogP contribution in [0.2, 0.25) is 0 Å². The molecule has 0 aliphatic heterocycles. The zero-order chi connectivity index (χ0) is 15.2. The molecule has 0 aliphatic rings. The number of hydrogen-bond acceptors (Lipinski definition) is 4. The maximum Gasteiger partial charge on any atom is 0.304 e. The lowest BCUT2D eigenvalue weighted by Gasteiger charge is -2.12. The Morgan fingerprint density at radius 3 is 2.57 bits per heavy atom. The third-order valence-electron chi connectivity index (χ3n) is 2.63. The molecule has 0 radical (unpaired) electrons. The van der Waals surface area contributed by atoms with Crippen molar-refractivity contribution in [2.75, 3.05) is 0 Å². The molecule has 0 bridgehead atoms. The Hall–Kier alpha value is -2.87. The van der Waals surface area contributed by atoms with Crippen molar-refractivity contribution in [2.45, 2.75) is 13.0 Å². The van der Waals surface area contributed by atoms with Gasteiger partial charge in [0.2, 0.25) is 6.10 Å². The zero-order valence-electron chi connectivity index (χ0n) is 11.2. The summed E-state index contributed by atoms with van der Waals surface area (Å²) in [5.41, 5.74) is 0.347. The van der Waals surface area contributed by atoms with Crippen molar-refractivity contribution in [1.82, 2.24) is 0 Å². The van der Waals surface area contributed by atoms with Gasteiger partial charge in [0.1, 0.15) is 11.8 Å². The summed E-state index contributed by atoms with van der Waals surface area (Å²) in [4.78, 5) is 11.0. The van der Waals surface area contributed by atoms with Gasteiger partial charge in [0.15, 0.2) is 11.6 Å². The van der Waals surface area contributed by atoms with Gasteiger partial charge in [-0.2, -0.15) is 5.26 Å². The quantitative estimate of drug-likeness (QED) is 0.803. The molecule has 0 aromatic heterocycles. The summed E-state index contributed by atoms with van der Waals surface area (Å²) in [7, 11) is 0. The van der Waals surface area contributed by atoms with Gasteiger partial charge < -0.3 is 9.47 Å². The predicted molar refractivity (Wildman–Crippen MR) is 73.0 cm³/mol. The van der Waals surface area contributed by atoms with Crippen molar-refractivity contribution in [1.29, 1.82) is 5.26 Å². The van der Waals surface area contributed by atoms with Crippen LogP contribution in [0.4, 0.5) is 4.39 Å². The number of benzene rings is 2. The van der Waals surface area contributed by atoms with Crippen LogP contribution < -0.4 is 4.74 Å². The number of para-hydroxylation sites is 1. The average Bonchev–Trinajstić information content (AvgIpc) is 2.48. The van der Waals surface area contributed by atoms with Crippen LogP contribution in [0.1, 0.15) is 18.6 Å². The van der Waals surface area contributed by atoms with Crippen LogP contribution in [0.25, 0.3) is 0 Å². The molecule has 0 saturated carbocycles. The molecule has 4 nitrogen and oxygen atoms in total. The lowest BCUT2D eigenvalue weighted by Crippen LogP contribution is -2.06. The minimum Gasteiger partial charge on any atom is -0.454 e. The van der Waals surface area contributed by atoms with Crippen molar-refractivity contribution in [3.8, 4) is 17.6 Å². The summed E-state index contributed by atoms with van der Waals surface area (Å²) < 4.78 is 24.0. The third kappa shape index (κ3) is 3.80. The van der Waals surface area contributed by atoms with Gasteiger partial charge in [-0.15, -0.1) is 0 Å². The molecule has 0 unspecified atom stereocenters. The standard InChI is InChI=1S/C16H12FNO3/c1-11(19)20-16(10-18)12-7-8-14(17)15(9-12)21-13-5-3-2-4-6-13/h2-9,16H,1H3/t16-/m1/s1. The molecule has 5 heteroatoms. The van der Waals surface area contributed by atoms with E-state index < -0.39 is 17.9 Å². The van der Waals surface area contributed by atoms with E-state index in [-0.39, 0.29) is 5.75 Å². The van der Waals surface area contributed by atoms with E-state index in [2.05, 4.69) is 0 Å². The third-order valence-corrected chi connectivity index (χ3v) is 2.63. The number of carbonyl (C=O) groups is 1. The largest absolute Gasteiger partial charge is 0.454 e. The van der Waals surface area contributed by atoms with E-state index in [1.165, 1.54) is 25.1 Å². The van der Waals surface area contributed by atoms with Gasteiger partial charge in [0, 0.05) is 12.5 Å². The van der Waals surface area contributed by atoms with Gasteiger partial charge in [-0.1, -0.05) is 24.3 Å². The summed E-state index contributed by atoms with van der Waals surface area (Å²) >= 11 is 0. The number of carbonyl (C=O) groups excluding carboxylic acids is 1. The van der Waals surface area contributed by atoms with Crippen LogP contribution in [-0.2, 0) is 9.53 Å². The van der Waals surface area contributed by atoms with E-state index in [0.717, 1.165) is 0 Å². The van der Waals surface area contributed by atoms with E-state index in [0.29, 0.717) is 11.3 Å². The molecular formula is C16H12FNO3. The molecule has 0 heterocycles. The number of nitrogens with zero attached hydrogens (tertiary/aromatic N) is 1. The number of hydrogen-bond donors (Lipinski definition) is 0.